The van der Waals surface area contributed by atoms with Crippen LogP contribution in [0.15, 0.2) is 24.3 Å². The highest BCUT2D eigenvalue weighted by atomic mass is 32.1. The molecule has 1 amide bonds. The summed E-state index contributed by atoms with van der Waals surface area (Å²) in [5.41, 5.74) is 2.00. The lowest BCUT2D eigenvalue weighted by Gasteiger charge is -2.09. The molecule has 6 heteroatoms. The fraction of sp³-hybridized carbons (Fsp3) is 0.400. The van der Waals surface area contributed by atoms with Gasteiger partial charge in [-0.2, -0.15) is 0 Å². The third kappa shape index (κ3) is 4.26. The zero-order chi connectivity index (χ0) is 15.2. The highest BCUT2D eigenvalue weighted by molar-refractivity contribution is 7.15. The Kier molecular flexibility index (Phi) is 5.27. The van der Waals surface area contributed by atoms with Crippen molar-refractivity contribution in [2.24, 2.45) is 0 Å². The van der Waals surface area contributed by atoms with Crippen LogP contribution in [0.3, 0.4) is 0 Å². The Morgan fingerprint density at radius 1 is 1.29 bits per heavy atom. The Labute approximate surface area is 128 Å². The summed E-state index contributed by atoms with van der Waals surface area (Å²) in [7, 11) is 0. The first kappa shape index (κ1) is 15.4. The van der Waals surface area contributed by atoms with Crippen LogP contribution < -0.4 is 10.6 Å². The van der Waals surface area contributed by atoms with Crippen molar-refractivity contribution in [3.63, 3.8) is 0 Å². The van der Waals surface area contributed by atoms with Gasteiger partial charge in [-0.25, -0.2) is 0 Å². The fourth-order valence-electron chi connectivity index (χ4n) is 1.84. The molecule has 0 unspecified atom stereocenters. The predicted octanol–water partition coefficient (Wildman–Crippen LogP) is 3.27. The average molecular weight is 304 g/mol. The molecule has 0 bridgehead atoms. The van der Waals surface area contributed by atoms with Crippen molar-refractivity contribution in [2.75, 3.05) is 17.2 Å². The number of nitrogens with zero attached hydrogens (tertiary/aromatic N) is 2. The number of nitrogens with one attached hydrogen (secondary N) is 2. The number of anilines is 2. The van der Waals surface area contributed by atoms with Crippen molar-refractivity contribution in [1.82, 2.24) is 10.2 Å². The second-order valence-electron chi connectivity index (χ2n) is 5.01. The van der Waals surface area contributed by atoms with E-state index in [1.165, 1.54) is 11.3 Å². The summed E-state index contributed by atoms with van der Waals surface area (Å²) >= 11 is 1.48. The quantitative estimate of drug-likeness (QED) is 0.859. The van der Waals surface area contributed by atoms with Crippen LogP contribution in [0.25, 0.3) is 0 Å². The number of carbonyl (C=O) groups is 1. The zero-order valence-electron chi connectivity index (χ0n) is 12.5. The van der Waals surface area contributed by atoms with Crippen molar-refractivity contribution in [3.8, 4) is 0 Å². The molecular formula is C15H20N4OS. The molecule has 2 aromatic rings. The van der Waals surface area contributed by atoms with Crippen LogP contribution in [0.4, 0.5) is 10.8 Å². The number of aromatic nitrogens is 2. The second kappa shape index (κ2) is 7.17. The first-order valence-electron chi connectivity index (χ1n) is 7.05. The van der Waals surface area contributed by atoms with Gasteiger partial charge in [-0.15, -0.1) is 10.2 Å². The number of benzene rings is 1. The van der Waals surface area contributed by atoms with Gasteiger partial charge in [-0.3, -0.25) is 4.79 Å². The van der Waals surface area contributed by atoms with E-state index in [0.717, 1.165) is 22.7 Å². The largest absolute Gasteiger partial charge is 0.351 e. The molecule has 2 N–H and O–H groups in total. The molecular weight excluding hydrogens is 284 g/mol. The van der Waals surface area contributed by atoms with Crippen LogP contribution in [0.5, 0.6) is 0 Å². The number of hydrogen-bond acceptors (Lipinski definition) is 5. The van der Waals surface area contributed by atoms with Gasteiger partial charge in [0, 0.05) is 11.6 Å². The summed E-state index contributed by atoms with van der Waals surface area (Å²) in [6.45, 7) is 6.39. The van der Waals surface area contributed by atoms with E-state index in [1.807, 2.05) is 24.3 Å². The standard InChI is InChI=1S/C15H20N4OS/c1-4-11-7-5-6-8-12(11)17-13(20)9-16-15-19-18-14(21-15)10(2)3/h5-8,10H,4,9H2,1-3H3,(H,16,19)(H,17,20). The molecule has 112 valence electrons. The maximum atomic E-state index is 12.0. The molecule has 0 aliphatic rings. The Bertz CT molecular complexity index is 609. The summed E-state index contributed by atoms with van der Waals surface area (Å²) in [4.78, 5) is 12.0. The van der Waals surface area contributed by atoms with Crippen molar-refractivity contribution in [2.45, 2.75) is 33.1 Å². The number of aryl methyl sites for hydroxylation is 1. The van der Waals surface area contributed by atoms with Crippen molar-refractivity contribution in [3.05, 3.63) is 34.8 Å². The number of para-hydroxylation sites is 1. The molecule has 0 atom stereocenters. The Morgan fingerprint density at radius 2 is 2.05 bits per heavy atom. The molecule has 0 aliphatic heterocycles. The molecule has 1 heterocycles. The van der Waals surface area contributed by atoms with Crippen molar-refractivity contribution in [1.29, 1.82) is 0 Å². The van der Waals surface area contributed by atoms with Gasteiger partial charge in [0.15, 0.2) is 0 Å². The van der Waals surface area contributed by atoms with E-state index in [-0.39, 0.29) is 12.5 Å². The van der Waals surface area contributed by atoms with Gasteiger partial charge in [0.1, 0.15) is 5.01 Å². The minimum atomic E-state index is -0.0859. The topological polar surface area (TPSA) is 66.9 Å². The minimum absolute atomic E-state index is 0.0859. The zero-order valence-corrected chi connectivity index (χ0v) is 13.3. The van der Waals surface area contributed by atoms with Crippen LogP contribution in [0, 0.1) is 0 Å². The SMILES string of the molecule is CCc1ccccc1NC(=O)CNc1nnc(C(C)C)s1. The number of rotatable bonds is 6. The van der Waals surface area contributed by atoms with Crippen LogP contribution in [-0.4, -0.2) is 22.6 Å². The lowest BCUT2D eigenvalue weighted by Crippen LogP contribution is -2.22. The van der Waals surface area contributed by atoms with E-state index in [2.05, 4.69) is 41.6 Å². The van der Waals surface area contributed by atoms with E-state index in [9.17, 15) is 4.79 Å². The first-order chi connectivity index (χ1) is 10.1. The average Bonchev–Trinajstić information content (AvgIpc) is 2.95. The van der Waals surface area contributed by atoms with E-state index in [1.54, 1.807) is 0 Å². The Morgan fingerprint density at radius 3 is 2.71 bits per heavy atom. The highest BCUT2D eigenvalue weighted by Crippen LogP contribution is 2.22. The maximum Gasteiger partial charge on any atom is 0.243 e. The molecule has 1 aromatic carbocycles. The smallest absolute Gasteiger partial charge is 0.243 e. The molecule has 21 heavy (non-hydrogen) atoms. The third-order valence-corrected chi connectivity index (χ3v) is 4.19. The molecule has 0 fully saturated rings. The van der Waals surface area contributed by atoms with Gasteiger partial charge < -0.3 is 10.6 Å². The van der Waals surface area contributed by atoms with E-state index in [0.29, 0.717) is 11.0 Å². The summed E-state index contributed by atoms with van der Waals surface area (Å²) in [5, 5.41) is 15.7. The maximum absolute atomic E-state index is 12.0. The second-order valence-corrected chi connectivity index (χ2v) is 6.02. The normalized spacial score (nSPS) is 10.7. The number of carbonyl (C=O) groups excluding carboxylic acids is 1. The summed E-state index contributed by atoms with van der Waals surface area (Å²) < 4.78 is 0. The van der Waals surface area contributed by atoms with Gasteiger partial charge in [0.05, 0.1) is 6.54 Å². The minimum Gasteiger partial charge on any atom is -0.351 e. The lowest BCUT2D eigenvalue weighted by atomic mass is 10.1. The van der Waals surface area contributed by atoms with Gasteiger partial charge >= 0.3 is 0 Å². The number of hydrogen-bond donors (Lipinski definition) is 2. The molecule has 0 aliphatic carbocycles. The molecule has 2 rings (SSSR count). The van der Waals surface area contributed by atoms with E-state index in [4.69, 9.17) is 0 Å². The molecule has 0 saturated carbocycles. The van der Waals surface area contributed by atoms with Gasteiger partial charge in [0.2, 0.25) is 11.0 Å². The van der Waals surface area contributed by atoms with Crippen molar-refractivity contribution >= 4 is 28.1 Å². The Balaban J connectivity index is 1.89. The summed E-state index contributed by atoms with van der Waals surface area (Å²) in [5.74, 6) is 0.264. The Hall–Kier alpha value is -1.95. The lowest BCUT2D eigenvalue weighted by molar-refractivity contribution is -0.114. The molecule has 0 spiro atoms. The number of amides is 1. The monoisotopic (exact) mass is 304 g/mol. The molecule has 0 saturated heterocycles. The van der Waals surface area contributed by atoms with Gasteiger partial charge in [-0.1, -0.05) is 50.3 Å². The predicted molar refractivity (Wildman–Crippen MR) is 86.9 cm³/mol. The van der Waals surface area contributed by atoms with Crippen LogP contribution in [0.1, 0.15) is 37.3 Å². The highest BCUT2D eigenvalue weighted by Gasteiger charge is 2.09. The van der Waals surface area contributed by atoms with E-state index < -0.39 is 0 Å². The molecule has 1 aromatic heterocycles. The third-order valence-electron chi connectivity index (χ3n) is 3.01. The van der Waals surface area contributed by atoms with Crippen LogP contribution in [-0.2, 0) is 11.2 Å². The van der Waals surface area contributed by atoms with Gasteiger partial charge in [-0.05, 0) is 18.1 Å². The van der Waals surface area contributed by atoms with E-state index >= 15 is 0 Å². The first-order valence-corrected chi connectivity index (χ1v) is 7.86. The molecule has 5 nitrogen and oxygen atoms in total. The fourth-order valence-corrected chi connectivity index (χ4v) is 2.58. The summed E-state index contributed by atoms with van der Waals surface area (Å²) in [6.07, 6.45) is 0.887. The van der Waals surface area contributed by atoms with Crippen molar-refractivity contribution < 1.29 is 4.79 Å². The van der Waals surface area contributed by atoms with Gasteiger partial charge in [0.25, 0.3) is 0 Å². The summed E-state index contributed by atoms with van der Waals surface area (Å²) in [6, 6.07) is 7.82. The van der Waals surface area contributed by atoms with Crippen LogP contribution in [0.2, 0.25) is 0 Å². The van der Waals surface area contributed by atoms with Crippen LogP contribution >= 0.6 is 11.3 Å². The molecule has 0 radical (unpaired) electrons.